The molecule has 0 spiro atoms. The van der Waals surface area contributed by atoms with E-state index < -0.39 is 0 Å². The van der Waals surface area contributed by atoms with Crippen LogP contribution in [0, 0.1) is 0 Å². The molecule has 134 valence electrons. The van der Waals surface area contributed by atoms with Crippen molar-refractivity contribution in [3.8, 4) is 0 Å². The summed E-state index contributed by atoms with van der Waals surface area (Å²) in [5.74, 6) is 0.0447. The smallest absolute Gasteiger partial charge is 0.224 e. The second kappa shape index (κ2) is 9.32. The molecule has 1 aromatic carbocycles. The van der Waals surface area contributed by atoms with Gasteiger partial charge in [-0.3, -0.25) is 9.59 Å². The van der Waals surface area contributed by atoms with Crippen LogP contribution in [0.25, 0.3) is 0 Å². The van der Waals surface area contributed by atoms with Gasteiger partial charge in [-0.1, -0.05) is 39.0 Å². The molecule has 0 unspecified atom stereocenters. The van der Waals surface area contributed by atoms with E-state index in [-0.39, 0.29) is 30.7 Å². The molecule has 2 rings (SSSR count). The van der Waals surface area contributed by atoms with Gasteiger partial charge in [0.15, 0.2) is 0 Å². The van der Waals surface area contributed by atoms with E-state index in [1.807, 2.05) is 36.6 Å². The molecule has 1 heterocycles. The lowest BCUT2D eigenvalue weighted by Gasteiger charge is -2.15. The van der Waals surface area contributed by atoms with Crippen molar-refractivity contribution in [2.75, 3.05) is 5.32 Å². The fraction of sp³-hybridized carbons (Fsp3) is 0.421. The van der Waals surface area contributed by atoms with Crippen molar-refractivity contribution < 1.29 is 9.59 Å². The van der Waals surface area contributed by atoms with Gasteiger partial charge in [0, 0.05) is 30.1 Å². The maximum atomic E-state index is 12.2. The van der Waals surface area contributed by atoms with Crippen LogP contribution in [0.3, 0.4) is 0 Å². The topological polar surface area (TPSA) is 71.1 Å². The molecule has 2 aromatic rings. The molecule has 0 aliphatic rings. The minimum Gasteiger partial charge on any atom is -0.347 e. The molecule has 0 bridgehead atoms. The highest BCUT2D eigenvalue weighted by Gasteiger charge is 2.16. The number of rotatable bonds is 8. The number of nitrogens with zero attached hydrogens (tertiary/aromatic N) is 1. The third-order valence-electron chi connectivity index (χ3n) is 3.93. The first kappa shape index (κ1) is 19.1. The number of hydrogen-bond acceptors (Lipinski definition) is 4. The number of carbonyl (C=O) groups excluding carboxylic acids is 2. The van der Waals surface area contributed by atoms with Crippen LogP contribution in [-0.4, -0.2) is 16.8 Å². The molecule has 0 saturated carbocycles. The van der Waals surface area contributed by atoms with Gasteiger partial charge in [-0.15, -0.1) is 11.3 Å². The zero-order chi connectivity index (χ0) is 18.2. The quantitative estimate of drug-likeness (QED) is 0.740. The second-order valence-electron chi connectivity index (χ2n) is 6.19. The summed E-state index contributed by atoms with van der Waals surface area (Å²) in [6, 6.07) is 7.67. The van der Waals surface area contributed by atoms with Crippen LogP contribution in [0.5, 0.6) is 0 Å². The highest BCUT2D eigenvalue weighted by molar-refractivity contribution is 7.09. The first-order valence-electron chi connectivity index (χ1n) is 8.58. The van der Waals surface area contributed by atoms with Gasteiger partial charge in [0.2, 0.25) is 11.8 Å². The van der Waals surface area contributed by atoms with Crippen LogP contribution in [0.2, 0.25) is 0 Å². The van der Waals surface area contributed by atoms with Crippen molar-refractivity contribution in [1.29, 1.82) is 0 Å². The Morgan fingerprint density at radius 2 is 1.88 bits per heavy atom. The van der Waals surface area contributed by atoms with E-state index >= 15 is 0 Å². The van der Waals surface area contributed by atoms with Crippen LogP contribution < -0.4 is 10.6 Å². The van der Waals surface area contributed by atoms with Gasteiger partial charge in [-0.05, 0) is 24.0 Å². The third-order valence-corrected chi connectivity index (χ3v) is 4.82. The lowest BCUT2D eigenvalue weighted by Crippen LogP contribution is -2.29. The third kappa shape index (κ3) is 5.67. The molecule has 0 radical (unpaired) electrons. The number of anilines is 1. The number of hydrogen-bond donors (Lipinski definition) is 2. The van der Waals surface area contributed by atoms with E-state index in [2.05, 4.69) is 29.5 Å². The van der Waals surface area contributed by atoms with Crippen LogP contribution in [0.15, 0.2) is 35.8 Å². The van der Waals surface area contributed by atoms with E-state index in [1.54, 1.807) is 6.20 Å². The van der Waals surface area contributed by atoms with Gasteiger partial charge >= 0.3 is 0 Å². The van der Waals surface area contributed by atoms with Crippen LogP contribution >= 0.6 is 11.3 Å². The van der Waals surface area contributed by atoms with E-state index in [1.165, 1.54) is 11.3 Å². The molecule has 0 aliphatic heterocycles. The number of benzene rings is 1. The molecular weight excluding hydrogens is 334 g/mol. The fourth-order valence-electron chi connectivity index (χ4n) is 2.57. The molecule has 5 nitrogen and oxygen atoms in total. The van der Waals surface area contributed by atoms with Crippen molar-refractivity contribution in [1.82, 2.24) is 10.3 Å². The fourth-order valence-corrected chi connectivity index (χ4v) is 3.34. The lowest BCUT2D eigenvalue weighted by atomic mass is 10.0. The predicted molar refractivity (Wildman–Crippen MR) is 102 cm³/mol. The number of nitrogens with one attached hydrogen (secondary N) is 2. The molecule has 1 aromatic heterocycles. The van der Waals surface area contributed by atoms with E-state index in [0.717, 1.165) is 22.7 Å². The van der Waals surface area contributed by atoms with Crippen molar-refractivity contribution in [2.45, 2.75) is 52.0 Å². The van der Waals surface area contributed by atoms with Gasteiger partial charge in [0.25, 0.3) is 0 Å². The Balaban J connectivity index is 1.84. The van der Waals surface area contributed by atoms with Crippen LogP contribution in [-0.2, 0) is 9.59 Å². The molecule has 1 atom stereocenters. The summed E-state index contributed by atoms with van der Waals surface area (Å²) in [5.41, 5.74) is 1.91. The second-order valence-corrected chi connectivity index (χ2v) is 7.11. The SMILES string of the molecule is CC[C@@H](NC(=O)CCC(=O)Nc1ccccc1C(C)C)c1nccs1. The van der Waals surface area contributed by atoms with E-state index in [0.29, 0.717) is 5.92 Å². The molecular formula is C19H25N3O2S. The average Bonchev–Trinajstić information content (AvgIpc) is 3.12. The monoisotopic (exact) mass is 359 g/mol. The van der Waals surface area contributed by atoms with Gasteiger partial charge < -0.3 is 10.6 Å². The molecule has 6 heteroatoms. The highest BCUT2D eigenvalue weighted by atomic mass is 32.1. The summed E-state index contributed by atoms with van der Waals surface area (Å²) in [5, 5.41) is 8.65. The van der Waals surface area contributed by atoms with Gasteiger partial charge in [0.1, 0.15) is 5.01 Å². The Kier molecular flexibility index (Phi) is 7.13. The Labute approximate surface area is 152 Å². The number of thiazole rings is 1. The molecule has 0 saturated heterocycles. The summed E-state index contributed by atoms with van der Waals surface area (Å²) in [4.78, 5) is 28.5. The lowest BCUT2D eigenvalue weighted by molar-refractivity contribution is -0.124. The summed E-state index contributed by atoms with van der Waals surface area (Å²) in [6.07, 6.45) is 2.83. The summed E-state index contributed by atoms with van der Waals surface area (Å²) < 4.78 is 0. The van der Waals surface area contributed by atoms with Gasteiger partial charge in [0.05, 0.1) is 6.04 Å². The van der Waals surface area contributed by atoms with E-state index in [4.69, 9.17) is 0 Å². The average molecular weight is 359 g/mol. The summed E-state index contributed by atoms with van der Waals surface area (Å²) in [6.45, 7) is 6.17. The number of para-hydroxylation sites is 1. The first-order valence-corrected chi connectivity index (χ1v) is 9.46. The normalized spacial score (nSPS) is 12.0. The maximum absolute atomic E-state index is 12.2. The Morgan fingerprint density at radius 3 is 2.52 bits per heavy atom. The largest absolute Gasteiger partial charge is 0.347 e. The van der Waals surface area contributed by atoms with Crippen molar-refractivity contribution in [3.05, 3.63) is 46.4 Å². The van der Waals surface area contributed by atoms with Crippen molar-refractivity contribution in [2.24, 2.45) is 0 Å². The standard InChI is InChI=1S/C19H25N3O2S/c1-4-15(19-20-11-12-25-19)21-17(23)9-10-18(24)22-16-8-6-5-7-14(16)13(2)3/h5-8,11-13,15H,4,9-10H2,1-3H3,(H,21,23)(H,22,24)/t15-/m1/s1. The first-order chi connectivity index (χ1) is 12.0. The molecule has 0 aliphatic carbocycles. The zero-order valence-electron chi connectivity index (χ0n) is 14.9. The predicted octanol–water partition coefficient (Wildman–Crippen LogP) is 4.25. The van der Waals surface area contributed by atoms with Crippen LogP contribution in [0.1, 0.15) is 62.6 Å². The Morgan fingerprint density at radius 1 is 1.16 bits per heavy atom. The minimum atomic E-state index is -0.148. The van der Waals surface area contributed by atoms with Crippen molar-refractivity contribution in [3.63, 3.8) is 0 Å². The molecule has 0 fully saturated rings. The molecule has 25 heavy (non-hydrogen) atoms. The highest BCUT2D eigenvalue weighted by Crippen LogP contribution is 2.24. The summed E-state index contributed by atoms with van der Waals surface area (Å²) in [7, 11) is 0. The molecule has 2 amide bonds. The van der Waals surface area contributed by atoms with Gasteiger partial charge in [-0.25, -0.2) is 4.98 Å². The zero-order valence-corrected chi connectivity index (χ0v) is 15.7. The molecule has 2 N–H and O–H groups in total. The van der Waals surface area contributed by atoms with Gasteiger partial charge in [-0.2, -0.15) is 0 Å². The Bertz CT molecular complexity index is 698. The number of carbonyl (C=O) groups is 2. The number of aromatic nitrogens is 1. The van der Waals surface area contributed by atoms with Crippen molar-refractivity contribution >= 4 is 28.8 Å². The minimum absolute atomic E-state index is 0.0859. The Hall–Kier alpha value is -2.21. The van der Waals surface area contributed by atoms with E-state index in [9.17, 15) is 9.59 Å². The summed E-state index contributed by atoms with van der Waals surface area (Å²) >= 11 is 1.52. The maximum Gasteiger partial charge on any atom is 0.224 e. The van der Waals surface area contributed by atoms with Crippen LogP contribution in [0.4, 0.5) is 5.69 Å². The number of amides is 2.